The molecule has 4 nitrogen and oxygen atoms in total. The molecule has 0 spiro atoms. The number of hydrogen-bond acceptors (Lipinski definition) is 2. The Labute approximate surface area is 243 Å². The zero-order chi connectivity index (χ0) is 31.5. The van der Waals surface area contributed by atoms with Crippen LogP contribution in [0.4, 0.5) is 39.5 Å². The van der Waals surface area contributed by atoms with Crippen LogP contribution >= 0.6 is 34.8 Å². The zero-order valence-corrected chi connectivity index (χ0v) is 23.2. The van der Waals surface area contributed by atoms with E-state index in [2.05, 4.69) is 5.32 Å². The molecule has 0 aromatic heterocycles. The minimum absolute atomic E-state index is 0.183. The van der Waals surface area contributed by atoms with E-state index in [1.807, 2.05) is 0 Å². The van der Waals surface area contributed by atoms with E-state index in [0.29, 0.717) is 18.2 Å². The predicted molar refractivity (Wildman–Crippen MR) is 136 cm³/mol. The monoisotopic (exact) mass is 656 g/mol. The summed E-state index contributed by atoms with van der Waals surface area (Å²) >= 11 is 17.4. The summed E-state index contributed by atoms with van der Waals surface area (Å²) in [6.45, 7) is 1.17. The molecule has 0 heterocycles. The number of rotatable bonds is 8. The number of allylic oxidation sites excluding steroid dienone is 1. The number of carbonyl (C=O) groups is 2. The topological polar surface area (TPSA) is 49.4 Å². The lowest BCUT2D eigenvalue weighted by molar-refractivity contribution is -0.149. The van der Waals surface area contributed by atoms with Crippen molar-refractivity contribution in [3.63, 3.8) is 0 Å². The quantitative estimate of drug-likeness (QED) is 0.175. The van der Waals surface area contributed by atoms with Crippen molar-refractivity contribution in [3.8, 4) is 0 Å². The summed E-state index contributed by atoms with van der Waals surface area (Å²) in [7, 11) is 1.06. The maximum absolute atomic E-state index is 13.8. The second-order valence-electron chi connectivity index (χ2n) is 8.75. The lowest BCUT2D eigenvalue weighted by atomic mass is 9.96. The number of nitrogens with one attached hydrogen (secondary N) is 1. The van der Waals surface area contributed by atoms with Crippen LogP contribution in [-0.4, -0.2) is 42.3 Å². The summed E-state index contributed by atoms with van der Waals surface area (Å²) in [4.78, 5) is 25.3. The predicted octanol–water partition coefficient (Wildman–Crippen LogP) is 8.90. The number of alkyl halides is 9. The summed E-state index contributed by atoms with van der Waals surface area (Å²) in [5.74, 6) is -4.68. The van der Waals surface area contributed by atoms with Gasteiger partial charge >= 0.3 is 18.5 Å². The first-order valence-electron chi connectivity index (χ1n) is 11.4. The van der Waals surface area contributed by atoms with Gasteiger partial charge in [-0.05, 0) is 42.3 Å². The summed E-state index contributed by atoms with van der Waals surface area (Å²) < 4.78 is 120. The van der Waals surface area contributed by atoms with E-state index in [1.165, 1.54) is 6.92 Å². The average Bonchev–Trinajstić information content (AvgIpc) is 2.83. The van der Waals surface area contributed by atoms with Gasteiger partial charge in [0, 0.05) is 13.5 Å². The summed E-state index contributed by atoms with van der Waals surface area (Å²) in [6.07, 6.45) is -17.0. The molecule has 1 N–H and O–H groups in total. The lowest BCUT2D eigenvalue weighted by Gasteiger charge is -2.26. The molecule has 1 unspecified atom stereocenters. The molecule has 2 aromatic carbocycles. The van der Waals surface area contributed by atoms with Gasteiger partial charge in [-0.3, -0.25) is 9.59 Å². The highest BCUT2D eigenvalue weighted by molar-refractivity contribution is 6.48. The van der Waals surface area contributed by atoms with E-state index < -0.39 is 72.0 Å². The summed E-state index contributed by atoms with van der Waals surface area (Å²) in [6, 6.07) is 3.95. The van der Waals surface area contributed by atoms with E-state index in [-0.39, 0.29) is 20.6 Å². The Morgan fingerprint density at radius 2 is 1.51 bits per heavy atom. The van der Waals surface area contributed by atoms with Gasteiger partial charge in [0.15, 0.2) is 0 Å². The molecule has 2 atom stereocenters. The third-order valence-electron chi connectivity index (χ3n) is 5.73. The Balaban J connectivity index is 2.35. The smallest absolute Gasteiger partial charge is 0.332 e. The van der Waals surface area contributed by atoms with Crippen molar-refractivity contribution in [1.82, 2.24) is 10.2 Å². The number of nitrogens with zero attached hydrogens (tertiary/aromatic N) is 1. The minimum Gasteiger partial charge on any atom is -0.332 e. The Bertz CT molecular complexity index is 1290. The van der Waals surface area contributed by atoms with Gasteiger partial charge < -0.3 is 10.2 Å². The third kappa shape index (κ3) is 9.71. The van der Waals surface area contributed by atoms with Crippen molar-refractivity contribution in [3.05, 3.63) is 73.7 Å². The van der Waals surface area contributed by atoms with Crippen molar-refractivity contribution in [2.75, 3.05) is 7.05 Å². The van der Waals surface area contributed by atoms with Gasteiger partial charge in [0.25, 0.3) is 5.91 Å². The molecule has 41 heavy (non-hydrogen) atoms. The number of carbonyl (C=O) groups excluding carboxylic acids is 2. The molecule has 0 saturated heterocycles. The van der Waals surface area contributed by atoms with Gasteiger partial charge in [0.2, 0.25) is 5.91 Å². The van der Waals surface area contributed by atoms with E-state index in [4.69, 9.17) is 34.8 Å². The van der Waals surface area contributed by atoms with Crippen LogP contribution in [0.3, 0.4) is 0 Å². The molecule has 0 aliphatic rings. The fraction of sp³-hybridized carbons (Fsp3) is 0.360. The first kappa shape index (κ1) is 34.6. The summed E-state index contributed by atoms with van der Waals surface area (Å²) in [5.41, 5.74) is -3.21. The molecule has 0 radical (unpaired) electrons. The fourth-order valence-electron chi connectivity index (χ4n) is 3.47. The minimum atomic E-state index is -5.13. The van der Waals surface area contributed by atoms with Gasteiger partial charge in [-0.1, -0.05) is 53.0 Å². The largest absolute Gasteiger partial charge is 0.417 e. The zero-order valence-electron chi connectivity index (χ0n) is 20.9. The molecule has 0 saturated carbocycles. The van der Waals surface area contributed by atoms with Crippen molar-refractivity contribution in [2.24, 2.45) is 0 Å². The molecule has 2 rings (SSSR count). The Kier molecular flexibility index (Phi) is 11.1. The Morgan fingerprint density at radius 1 is 0.951 bits per heavy atom. The maximum atomic E-state index is 13.8. The van der Waals surface area contributed by atoms with E-state index in [0.717, 1.165) is 36.2 Å². The highest BCUT2D eigenvalue weighted by atomic mass is 35.5. The van der Waals surface area contributed by atoms with Gasteiger partial charge in [0.05, 0.1) is 38.5 Å². The number of benzene rings is 2. The SMILES string of the molecule is C[C@@H](NC(=O)c1ccc(C=CC(c2cc(Cl)c(Cl)c(Cl)c2)C(F)(F)F)cc1C(F)(F)F)N(C)C(=O)CCC(F)(F)F. The van der Waals surface area contributed by atoms with Crippen molar-refractivity contribution >= 4 is 52.7 Å². The van der Waals surface area contributed by atoms with Crippen LogP contribution in [0.1, 0.15) is 52.7 Å². The molecule has 0 bridgehead atoms. The molecule has 0 fully saturated rings. The molecular weight excluding hydrogens is 638 g/mol. The first-order chi connectivity index (χ1) is 18.6. The standard InChI is InChI=1S/C25H20Cl3F9N2O2/c1-12(39(2)20(40)7-8-23(29,30)31)38-22(41)15-5-3-13(9-17(15)25(35,36)37)4-6-16(24(32,33)34)14-10-18(26)21(28)19(27)11-14/h3-6,9-12,16H,7-8H2,1-2H3,(H,38,41)/t12-,16?/m0/s1. The number of halogens is 12. The molecule has 0 aliphatic heterocycles. The van der Waals surface area contributed by atoms with Crippen molar-refractivity contribution in [1.29, 1.82) is 0 Å². The lowest BCUT2D eigenvalue weighted by Crippen LogP contribution is -2.47. The van der Waals surface area contributed by atoms with Crippen LogP contribution in [-0.2, 0) is 11.0 Å². The van der Waals surface area contributed by atoms with Gasteiger partial charge in [-0.15, -0.1) is 0 Å². The van der Waals surface area contributed by atoms with Crippen LogP contribution in [0.25, 0.3) is 6.08 Å². The molecular formula is C25H20Cl3F9N2O2. The second kappa shape index (κ2) is 13.1. The van der Waals surface area contributed by atoms with E-state index in [9.17, 15) is 49.1 Å². The first-order valence-corrected chi connectivity index (χ1v) is 12.5. The molecule has 226 valence electrons. The van der Waals surface area contributed by atoms with Crippen molar-refractivity contribution < 1.29 is 49.1 Å². The second-order valence-corrected chi connectivity index (χ2v) is 9.94. The van der Waals surface area contributed by atoms with Crippen LogP contribution in [0, 0.1) is 0 Å². The molecule has 2 aromatic rings. The molecule has 2 amide bonds. The van der Waals surface area contributed by atoms with E-state index in [1.54, 1.807) is 0 Å². The number of amides is 2. The third-order valence-corrected chi connectivity index (χ3v) is 6.93. The fourth-order valence-corrected chi connectivity index (χ4v) is 4.09. The maximum Gasteiger partial charge on any atom is 0.417 e. The average molecular weight is 658 g/mol. The van der Waals surface area contributed by atoms with Crippen LogP contribution in [0.15, 0.2) is 36.4 Å². The van der Waals surface area contributed by atoms with Crippen LogP contribution in [0.5, 0.6) is 0 Å². The Hall–Kier alpha value is -2.64. The molecule has 16 heteroatoms. The van der Waals surface area contributed by atoms with Crippen LogP contribution < -0.4 is 5.32 Å². The van der Waals surface area contributed by atoms with Gasteiger partial charge in [0.1, 0.15) is 6.17 Å². The van der Waals surface area contributed by atoms with Gasteiger partial charge in [-0.25, -0.2) is 0 Å². The number of hydrogen-bond donors (Lipinski definition) is 1. The molecule has 0 aliphatic carbocycles. The van der Waals surface area contributed by atoms with E-state index >= 15 is 0 Å². The normalized spacial score (nSPS) is 14.2. The van der Waals surface area contributed by atoms with Gasteiger partial charge in [-0.2, -0.15) is 39.5 Å². The van der Waals surface area contributed by atoms with Crippen LogP contribution in [0.2, 0.25) is 15.1 Å². The Morgan fingerprint density at radius 3 is 2.00 bits per heavy atom. The highest BCUT2D eigenvalue weighted by Crippen LogP contribution is 2.41. The highest BCUT2D eigenvalue weighted by Gasteiger charge is 2.40. The summed E-state index contributed by atoms with van der Waals surface area (Å²) in [5, 5.41) is 1.37. The van der Waals surface area contributed by atoms with Crippen molar-refractivity contribution in [2.45, 2.75) is 50.4 Å².